The van der Waals surface area contributed by atoms with E-state index in [4.69, 9.17) is 0 Å². The van der Waals surface area contributed by atoms with Crippen molar-refractivity contribution in [2.75, 3.05) is 7.05 Å². The van der Waals surface area contributed by atoms with E-state index in [1.165, 1.54) is 11.3 Å². The first-order valence-corrected chi connectivity index (χ1v) is 8.02. The van der Waals surface area contributed by atoms with Crippen LogP contribution in [0, 0.1) is 0 Å². The third-order valence-corrected chi connectivity index (χ3v) is 5.57. The van der Waals surface area contributed by atoms with E-state index in [1.807, 2.05) is 20.2 Å². The highest BCUT2D eigenvalue weighted by atomic mass is 32.2. The van der Waals surface area contributed by atoms with E-state index in [9.17, 15) is 8.42 Å². The van der Waals surface area contributed by atoms with E-state index in [0.29, 0.717) is 16.6 Å². The fraction of sp³-hybridized carbons (Fsp3) is 0.364. The Hall–Kier alpha value is -1.22. The normalized spacial score (nSPS) is 11.9. The smallest absolute Gasteiger partial charge is 0.250 e. The minimum atomic E-state index is -3.46. The summed E-state index contributed by atoms with van der Waals surface area (Å²) >= 11 is 1.27. The predicted octanol–water partition coefficient (Wildman–Crippen LogP) is 0.679. The van der Waals surface area contributed by atoms with Crippen LogP contribution in [0.15, 0.2) is 28.7 Å². The molecule has 0 radical (unpaired) electrons. The number of imidazole rings is 1. The lowest BCUT2D eigenvalue weighted by Crippen LogP contribution is -2.23. The highest BCUT2D eigenvalue weighted by molar-refractivity contribution is 7.91. The molecule has 2 heterocycles. The van der Waals surface area contributed by atoms with Crippen molar-refractivity contribution in [3.8, 4) is 0 Å². The van der Waals surface area contributed by atoms with Gasteiger partial charge in [-0.05, 0) is 19.2 Å². The lowest BCUT2D eigenvalue weighted by molar-refractivity contribution is 0.579. The number of rotatable bonds is 6. The molecule has 0 aromatic carbocycles. The Morgan fingerprint density at radius 3 is 2.79 bits per heavy atom. The first-order chi connectivity index (χ1) is 9.03. The SMILES string of the molecule is CNCc1ccc(S(=O)(=O)NCc2nccn2C)s1. The molecule has 0 atom stereocenters. The van der Waals surface area contributed by atoms with Crippen LogP contribution in [0.3, 0.4) is 0 Å². The van der Waals surface area contributed by atoms with Crippen LogP contribution in [0.4, 0.5) is 0 Å². The van der Waals surface area contributed by atoms with Gasteiger partial charge in [-0.2, -0.15) is 0 Å². The third-order valence-electron chi connectivity index (χ3n) is 2.59. The maximum Gasteiger partial charge on any atom is 0.250 e. The number of thiophene rings is 1. The second-order valence-corrected chi connectivity index (χ2v) is 7.19. The summed E-state index contributed by atoms with van der Waals surface area (Å²) in [4.78, 5) is 5.06. The quantitative estimate of drug-likeness (QED) is 0.822. The summed E-state index contributed by atoms with van der Waals surface area (Å²) in [5, 5.41) is 2.99. The maximum atomic E-state index is 12.1. The highest BCUT2D eigenvalue weighted by Crippen LogP contribution is 2.21. The van der Waals surface area contributed by atoms with Gasteiger partial charge in [0.25, 0.3) is 0 Å². The van der Waals surface area contributed by atoms with Crippen LogP contribution in [0.5, 0.6) is 0 Å². The molecule has 6 nitrogen and oxygen atoms in total. The van der Waals surface area contributed by atoms with Gasteiger partial charge in [-0.15, -0.1) is 11.3 Å². The molecule has 0 amide bonds. The van der Waals surface area contributed by atoms with Gasteiger partial charge in [0.1, 0.15) is 10.0 Å². The maximum absolute atomic E-state index is 12.1. The average molecular weight is 300 g/mol. The largest absolute Gasteiger partial charge is 0.337 e. The second kappa shape index (κ2) is 5.83. The Kier molecular flexibility index (Phi) is 4.35. The van der Waals surface area contributed by atoms with E-state index in [-0.39, 0.29) is 6.54 Å². The molecule has 0 unspecified atom stereocenters. The van der Waals surface area contributed by atoms with Crippen molar-refractivity contribution in [3.63, 3.8) is 0 Å². The molecule has 0 bridgehead atoms. The fourth-order valence-corrected chi connectivity index (χ4v) is 3.96. The van der Waals surface area contributed by atoms with Crippen molar-refractivity contribution in [2.24, 2.45) is 7.05 Å². The molecule has 2 rings (SSSR count). The van der Waals surface area contributed by atoms with Crippen LogP contribution in [-0.4, -0.2) is 25.0 Å². The number of nitrogens with one attached hydrogen (secondary N) is 2. The van der Waals surface area contributed by atoms with Crippen LogP contribution in [0.2, 0.25) is 0 Å². The molecular weight excluding hydrogens is 284 g/mol. The molecule has 8 heteroatoms. The molecule has 104 valence electrons. The van der Waals surface area contributed by atoms with Crippen molar-refractivity contribution in [1.29, 1.82) is 0 Å². The topological polar surface area (TPSA) is 76.0 Å². The summed E-state index contributed by atoms with van der Waals surface area (Å²) < 4.78 is 28.9. The minimum absolute atomic E-state index is 0.186. The average Bonchev–Trinajstić information content (AvgIpc) is 2.97. The minimum Gasteiger partial charge on any atom is -0.337 e. The third kappa shape index (κ3) is 3.41. The van der Waals surface area contributed by atoms with Gasteiger partial charge < -0.3 is 9.88 Å². The molecule has 0 saturated heterocycles. The summed E-state index contributed by atoms with van der Waals surface area (Å²) in [6.45, 7) is 0.852. The van der Waals surface area contributed by atoms with Crippen LogP contribution >= 0.6 is 11.3 Å². The van der Waals surface area contributed by atoms with Gasteiger partial charge in [-0.1, -0.05) is 0 Å². The van der Waals surface area contributed by atoms with Gasteiger partial charge in [-0.3, -0.25) is 0 Å². The van der Waals surface area contributed by atoms with Crippen LogP contribution in [0.1, 0.15) is 10.7 Å². The highest BCUT2D eigenvalue weighted by Gasteiger charge is 2.17. The van der Waals surface area contributed by atoms with Gasteiger partial charge in [0.05, 0.1) is 6.54 Å². The summed E-state index contributed by atoms with van der Waals surface area (Å²) in [6.07, 6.45) is 3.42. The molecule has 2 aromatic rings. The van der Waals surface area contributed by atoms with Gasteiger partial charge in [-0.25, -0.2) is 18.1 Å². The zero-order valence-corrected chi connectivity index (χ0v) is 12.4. The lowest BCUT2D eigenvalue weighted by atomic mass is 10.5. The van der Waals surface area contributed by atoms with Gasteiger partial charge in [0.15, 0.2) is 0 Å². The Morgan fingerprint density at radius 1 is 1.37 bits per heavy atom. The van der Waals surface area contributed by atoms with Gasteiger partial charge >= 0.3 is 0 Å². The first kappa shape index (κ1) is 14.2. The standard InChI is InChI=1S/C11H16N4O2S2/c1-12-7-9-3-4-11(18-9)19(16,17)14-8-10-13-5-6-15(10)2/h3-6,12,14H,7-8H2,1-2H3. The number of sulfonamides is 1. The number of hydrogen-bond donors (Lipinski definition) is 2. The summed E-state index contributed by atoms with van der Waals surface area (Å²) in [6, 6.07) is 3.44. The Labute approximate surface area is 116 Å². The molecule has 0 spiro atoms. The Balaban J connectivity index is 2.07. The number of nitrogens with zero attached hydrogens (tertiary/aromatic N) is 2. The molecule has 0 aliphatic carbocycles. The summed E-state index contributed by atoms with van der Waals surface area (Å²) in [5.41, 5.74) is 0. The van der Waals surface area contributed by atoms with Crippen LogP contribution in [-0.2, 0) is 30.2 Å². The van der Waals surface area contributed by atoms with E-state index in [0.717, 1.165) is 4.88 Å². The molecule has 0 fully saturated rings. The molecule has 0 saturated carbocycles. The van der Waals surface area contributed by atoms with Crippen molar-refractivity contribution < 1.29 is 8.42 Å². The van der Waals surface area contributed by atoms with E-state index in [1.54, 1.807) is 23.0 Å². The summed E-state index contributed by atoms with van der Waals surface area (Å²) in [5.74, 6) is 0.676. The Bertz CT molecular complexity index is 645. The zero-order valence-electron chi connectivity index (χ0n) is 10.8. The van der Waals surface area contributed by atoms with E-state index < -0.39 is 10.0 Å². The molecule has 0 aliphatic rings. The van der Waals surface area contributed by atoms with E-state index >= 15 is 0 Å². The fourth-order valence-electron chi connectivity index (χ4n) is 1.57. The number of aryl methyl sites for hydroxylation is 1. The molecule has 2 N–H and O–H groups in total. The monoisotopic (exact) mass is 300 g/mol. The van der Waals surface area contributed by atoms with Crippen molar-refractivity contribution in [2.45, 2.75) is 17.3 Å². The Morgan fingerprint density at radius 2 is 2.16 bits per heavy atom. The molecule has 2 aromatic heterocycles. The second-order valence-electron chi connectivity index (χ2n) is 4.03. The van der Waals surface area contributed by atoms with Crippen LogP contribution < -0.4 is 10.0 Å². The molecule has 19 heavy (non-hydrogen) atoms. The van der Waals surface area contributed by atoms with E-state index in [2.05, 4.69) is 15.0 Å². The zero-order chi connectivity index (χ0) is 13.9. The predicted molar refractivity (Wildman–Crippen MR) is 74.3 cm³/mol. The van der Waals surface area contributed by atoms with Crippen molar-refractivity contribution in [3.05, 3.63) is 35.2 Å². The molecule has 0 aliphatic heterocycles. The lowest BCUT2D eigenvalue weighted by Gasteiger charge is -2.04. The van der Waals surface area contributed by atoms with Crippen molar-refractivity contribution in [1.82, 2.24) is 19.6 Å². The first-order valence-electron chi connectivity index (χ1n) is 5.72. The number of hydrogen-bond acceptors (Lipinski definition) is 5. The number of aromatic nitrogens is 2. The van der Waals surface area contributed by atoms with Crippen molar-refractivity contribution >= 4 is 21.4 Å². The van der Waals surface area contributed by atoms with Gasteiger partial charge in [0.2, 0.25) is 10.0 Å². The van der Waals surface area contributed by atoms with Gasteiger partial charge in [0, 0.05) is 30.9 Å². The molecular formula is C11H16N4O2S2. The van der Waals surface area contributed by atoms with Crippen LogP contribution in [0.25, 0.3) is 0 Å². The summed E-state index contributed by atoms with van der Waals surface area (Å²) in [7, 11) is 0.190.